The van der Waals surface area contributed by atoms with Crippen LogP contribution in [0, 0.1) is 5.92 Å². The first-order chi connectivity index (χ1) is 12.4. The Hall–Kier alpha value is -2.22. The SMILES string of the molecule is C1=CC2=C(OC1)C1CCCCCCC1c1c2[nH]c2/c1=C\C=C/C=C\C=2. The molecule has 2 unspecified atom stereocenters. The second kappa shape index (κ2) is 6.25. The van der Waals surface area contributed by atoms with Gasteiger partial charge in [0.05, 0.1) is 5.69 Å². The number of allylic oxidation sites excluding steroid dienone is 7. The van der Waals surface area contributed by atoms with Gasteiger partial charge in [-0.15, -0.1) is 0 Å². The molecule has 0 bridgehead atoms. The van der Waals surface area contributed by atoms with Crippen molar-refractivity contribution in [2.75, 3.05) is 6.61 Å². The van der Waals surface area contributed by atoms with E-state index in [0.717, 1.165) is 6.61 Å². The van der Waals surface area contributed by atoms with Gasteiger partial charge in [0.25, 0.3) is 0 Å². The molecule has 1 N–H and O–H groups in total. The zero-order valence-corrected chi connectivity index (χ0v) is 14.6. The average Bonchev–Trinajstić information content (AvgIpc) is 2.93. The van der Waals surface area contributed by atoms with E-state index in [1.807, 2.05) is 0 Å². The summed E-state index contributed by atoms with van der Waals surface area (Å²) in [5.41, 5.74) is 4.13. The smallest absolute Gasteiger partial charge is 0.109 e. The van der Waals surface area contributed by atoms with E-state index in [-0.39, 0.29) is 0 Å². The lowest BCUT2D eigenvalue weighted by molar-refractivity contribution is 0.175. The number of H-pyrrole nitrogens is 1. The summed E-state index contributed by atoms with van der Waals surface area (Å²) in [4.78, 5) is 3.73. The van der Waals surface area contributed by atoms with Crippen LogP contribution in [-0.4, -0.2) is 11.6 Å². The van der Waals surface area contributed by atoms with Gasteiger partial charge >= 0.3 is 0 Å². The van der Waals surface area contributed by atoms with Crippen molar-refractivity contribution in [2.24, 2.45) is 5.92 Å². The quantitative estimate of drug-likeness (QED) is 0.762. The Morgan fingerprint density at radius 2 is 1.68 bits per heavy atom. The van der Waals surface area contributed by atoms with Gasteiger partial charge in [-0.1, -0.05) is 62.1 Å². The van der Waals surface area contributed by atoms with Gasteiger partial charge in [0, 0.05) is 22.1 Å². The summed E-state index contributed by atoms with van der Waals surface area (Å²) in [6.45, 7) is 0.724. The minimum absolute atomic E-state index is 0.547. The van der Waals surface area contributed by atoms with Crippen molar-refractivity contribution in [1.82, 2.24) is 4.98 Å². The third-order valence-corrected chi connectivity index (χ3v) is 6.10. The number of ether oxygens (including phenoxy) is 1. The maximum absolute atomic E-state index is 6.21. The van der Waals surface area contributed by atoms with Crippen molar-refractivity contribution >= 4 is 17.7 Å². The summed E-state index contributed by atoms with van der Waals surface area (Å²) < 4.78 is 6.21. The molecule has 1 aliphatic heterocycles. The van der Waals surface area contributed by atoms with E-state index in [0.29, 0.717) is 11.8 Å². The highest BCUT2D eigenvalue weighted by molar-refractivity contribution is 5.80. The lowest BCUT2D eigenvalue weighted by Gasteiger charge is -2.37. The standard InChI is InChI=1S/C23H25NO/c1-2-6-11-17-16(10-5-1)21-18-12-7-3-4-8-14-20(18)24-22(21)19-13-9-15-25-23(17)19/h3-4,7-9,12-14,16-17,24H,1-2,5-6,10-11,15H2/b4-3?,7-3-,8-4-,12-7?,14-8?,18-12+,20-14+. The molecule has 0 saturated heterocycles. The average molecular weight is 331 g/mol. The Balaban J connectivity index is 1.79. The van der Waals surface area contributed by atoms with E-state index in [2.05, 4.69) is 53.6 Å². The minimum Gasteiger partial charge on any atom is -0.493 e. The number of rotatable bonds is 0. The van der Waals surface area contributed by atoms with E-state index >= 15 is 0 Å². The van der Waals surface area contributed by atoms with Crippen molar-refractivity contribution in [1.29, 1.82) is 0 Å². The molecule has 1 aromatic heterocycles. The van der Waals surface area contributed by atoms with Gasteiger partial charge < -0.3 is 9.72 Å². The number of aromatic amines is 1. The normalized spacial score (nSPS) is 32.5. The molecule has 2 atom stereocenters. The monoisotopic (exact) mass is 331 g/mol. The lowest BCUT2D eigenvalue weighted by Crippen LogP contribution is -2.31. The van der Waals surface area contributed by atoms with Crippen LogP contribution in [0.1, 0.15) is 55.7 Å². The molecule has 0 radical (unpaired) electrons. The maximum atomic E-state index is 6.21. The van der Waals surface area contributed by atoms with Crippen molar-refractivity contribution in [3.63, 3.8) is 0 Å². The Morgan fingerprint density at radius 3 is 2.56 bits per heavy atom. The van der Waals surface area contributed by atoms with Crippen LogP contribution < -0.4 is 10.6 Å². The predicted octanol–water partition coefficient (Wildman–Crippen LogP) is 4.07. The van der Waals surface area contributed by atoms with Crippen molar-refractivity contribution in [3.05, 3.63) is 64.0 Å². The molecule has 3 aliphatic carbocycles. The summed E-state index contributed by atoms with van der Waals surface area (Å²) in [5.74, 6) is 2.38. The Labute approximate surface area is 149 Å². The van der Waals surface area contributed by atoms with E-state index in [1.54, 1.807) is 0 Å². The number of hydrogen-bond donors (Lipinski definition) is 1. The third-order valence-electron chi connectivity index (χ3n) is 6.10. The molecule has 1 fully saturated rings. The van der Waals surface area contributed by atoms with E-state index in [4.69, 9.17) is 4.74 Å². The Bertz CT molecular complexity index is 922. The van der Waals surface area contributed by atoms with Crippen molar-refractivity contribution < 1.29 is 4.74 Å². The van der Waals surface area contributed by atoms with Gasteiger partial charge in [0.2, 0.25) is 0 Å². The molecule has 4 aliphatic rings. The number of nitrogens with one attached hydrogen (secondary N) is 1. The molecule has 2 heterocycles. The Morgan fingerprint density at radius 1 is 0.880 bits per heavy atom. The summed E-state index contributed by atoms with van der Waals surface area (Å²) in [5, 5.41) is 2.62. The third kappa shape index (κ3) is 2.47. The van der Waals surface area contributed by atoms with Gasteiger partial charge in [-0.3, -0.25) is 0 Å². The van der Waals surface area contributed by atoms with Crippen LogP contribution in [-0.2, 0) is 4.74 Å². The zero-order chi connectivity index (χ0) is 16.6. The highest BCUT2D eigenvalue weighted by Crippen LogP contribution is 2.47. The second-order valence-electron chi connectivity index (χ2n) is 7.54. The lowest BCUT2D eigenvalue weighted by atomic mass is 9.71. The minimum atomic E-state index is 0.547. The number of fused-ring (bicyclic) bond motifs is 7. The molecular weight excluding hydrogens is 306 g/mol. The van der Waals surface area contributed by atoms with Crippen LogP contribution in [0.3, 0.4) is 0 Å². The summed E-state index contributed by atoms with van der Waals surface area (Å²) in [7, 11) is 0. The first-order valence-electron chi connectivity index (χ1n) is 9.74. The molecule has 2 heteroatoms. The molecule has 0 aromatic carbocycles. The van der Waals surface area contributed by atoms with Crippen LogP contribution in [0.2, 0.25) is 0 Å². The van der Waals surface area contributed by atoms with Crippen LogP contribution in [0.25, 0.3) is 17.7 Å². The first kappa shape index (κ1) is 15.1. The van der Waals surface area contributed by atoms with E-state index in [1.165, 1.54) is 71.7 Å². The second-order valence-corrected chi connectivity index (χ2v) is 7.54. The highest BCUT2D eigenvalue weighted by atomic mass is 16.5. The Kier molecular flexibility index (Phi) is 3.77. The van der Waals surface area contributed by atoms with Crippen LogP contribution >= 0.6 is 0 Å². The summed E-state index contributed by atoms with van der Waals surface area (Å²) in [6.07, 6.45) is 25.4. The number of aromatic nitrogens is 1. The molecule has 1 saturated carbocycles. The molecule has 1 aromatic rings. The zero-order valence-electron chi connectivity index (χ0n) is 14.6. The van der Waals surface area contributed by atoms with Gasteiger partial charge in [-0.25, -0.2) is 0 Å². The van der Waals surface area contributed by atoms with Crippen LogP contribution in [0.15, 0.2) is 42.2 Å². The van der Waals surface area contributed by atoms with Gasteiger partial charge in [-0.2, -0.15) is 0 Å². The van der Waals surface area contributed by atoms with Gasteiger partial charge in [-0.05, 0) is 36.5 Å². The highest BCUT2D eigenvalue weighted by Gasteiger charge is 2.38. The molecular formula is C23H25NO. The van der Waals surface area contributed by atoms with Gasteiger partial charge in [0.15, 0.2) is 0 Å². The topological polar surface area (TPSA) is 25.0 Å². The molecule has 128 valence electrons. The van der Waals surface area contributed by atoms with Gasteiger partial charge in [0.1, 0.15) is 12.4 Å². The van der Waals surface area contributed by atoms with E-state index < -0.39 is 0 Å². The fourth-order valence-corrected chi connectivity index (χ4v) is 5.01. The van der Waals surface area contributed by atoms with Crippen LogP contribution in [0.5, 0.6) is 0 Å². The molecule has 25 heavy (non-hydrogen) atoms. The number of hydrogen-bond acceptors (Lipinski definition) is 1. The van der Waals surface area contributed by atoms with Crippen LogP contribution in [0.4, 0.5) is 0 Å². The van der Waals surface area contributed by atoms with Crippen molar-refractivity contribution in [2.45, 2.75) is 44.4 Å². The fraction of sp³-hybridized carbons (Fsp3) is 0.391. The molecule has 0 spiro atoms. The summed E-state index contributed by atoms with van der Waals surface area (Å²) in [6, 6.07) is 0. The molecule has 0 amide bonds. The fourth-order valence-electron chi connectivity index (χ4n) is 5.01. The molecule has 5 rings (SSSR count). The first-order valence-corrected chi connectivity index (χ1v) is 9.74. The van der Waals surface area contributed by atoms with Crippen molar-refractivity contribution in [3.8, 4) is 0 Å². The maximum Gasteiger partial charge on any atom is 0.109 e. The largest absolute Gasteiger partial charge is 0.493 e. The molecule has 2 nitrogen and oxygen atoms in total. The van der Waals surface area contributed by atoms with E-state index in [9.17, 15) is 0 Å². The summed E-state index contributed by atoms with van der Waals surface area (Å²) >= 11 is 0. The predicted molar refractivity (Wildman–Crippen MR) is 103 cm³/mol.